The molecule has 0 aromatic heterocycles. The van der Waals surface area contributed by atoms with Gasteiger partial charge in [-0.05, 0) is 25.2 Å². The number of rotatable bonds is 0. The average molecular weight is 191 g/mol. The van der Waals surface area contributed by atoms with Crippen LogP contribution in [0.25, 0.3) is 0 Å². The number of fused-ring (bicyclic) bond motifs is 2. The molecule has 9 heavy (non-hydrogen) atoms. The van der Waals surface area contributed by atoms with Crippen molar-refractivity contribution in [3.05, 3.63) is 0 Å². The number of Topliss-reactive ketones (excluding diaryl/α,β-unsaturated/α-hetero) is 1. The van der Waals surface area contributed by atoms with Gasteiger partial charge in [0, 0.05) is 12.3 Å². The molecule has 0 heterocycles. The summed E-state index contributed by atoms with van der Waals surface area (Å²) in [5.41, 5.74) is 0. The first-order valence-electron chi connectivity index (χ1n) is 3.39. The average Bonchev–Trinajstić information content (AvgIpc) is 1.62. The number of hydrogen-bond donors (Lipinski definition) is 0. The molecular weight excluding hydrogens is 180 g/mol. The lowest BCUT2D eigenvalue weighted by Crippen LogP contribution is -2.36. The van der Waals surface area contributed by atoms with Crippen molar-refractivity contribution in [1.29, 1.82) is 0 Å². The first-order chi connectivity index (χ1) is 3.86. The van der Waals surface area contributed by atoms with Gasteiger partial charge in [-0.25, -0.2) is 0 Å². The number of carbonyl (C=O) groups excluding carboxylic acids is 1. The Balaban J connectivity index is 0.000000405. The molecule has 0 aromatic rings. The van der Waals surface area contributed by atoms with Crippen molar-refractivity contribution in [1.82, 2.24) is 0 Å². The van der Waals surface area contributed by atoms with E-state index in [9.17, 15) is 4.79 Å². The Labute approximate surface area is 65.6 Å². The Bertz CT molecular complexity index is 124. The van der Waals surface area contributed by atoms with Crippen molar-refractivity contribution in [3.8, 4) is 0 Å². The van der Waals surface area contributed by atoms with Gasteiger partial charge in [-0.15, -0.1) is 17.0 Å². The zero-order chi connectivity index (χ0) is 5.56. The van der Waals surface area contributed by atoms with E-state index in [-0.39, 0.29) is 17.0 Å². The largest absolute Gasteiger partial charge is 0.299 e. The number of hydrogen-bond acceptors (Lipinski definition) is 1. The molecule has 1 nitrogen and oxygen atoms in total. The summed E-state index contributed by atoms with van der Waals surface area (Å²) in [4.78, 5) is 10.8. The SMILES string of the molecule is Br.O=C1CCC2CC1C2. The van der Waals surface area contributed by atoms with Crippen LogP contribution < -0.4 is 0 Å². The van der Waals surface area contributed by atoms with Gasteiger partial charge in [0.1, 0.15) is 5.78 Å². The van der Waals surface area contributed by atoms with E-state index in [0.29, 0.717) is 11.7 Å². The quantitative estimate of drug-likeness (QED) is 0.571. The van der Waals surface area contributed by atoms with Crippen molar-refractivity contribution in [2.24, 2.45) is 11.8 Å². The second-order valence-corrected chi connectivity index (χ2v) is 3.04. The van der Waals surface area contributed by atoms with Gasteiger partial charge in [0.25, 0.3) is 0 Å². The summed E-state index contributed by atoms with van der Waals surface area (Å²) in [6, 6.07) is 0. The van der Waals surface area contributed by atoms with E-state index < -0.39 is 0 Å². The molecule has 0 amide bonds. The van der Waals surface area contributed by atoms with Crippen molar-refractivity contribution in [2.45, 2.75) is 25.7 Å². The third-order valence-corrected chi connectivity index (χ3v) is 2.49. The molecule has 0 spiro atoms. The predicted octanol–water partition coefficient (Wildman–Crippen LogP) is 1.95. The van der Waals surface area contributed by atoms with Crippen molar-refractivity contribution in [2.75, 3.05) is 0 Å². The van der Waals surface area contributed by atoms with Crippen LogP contribution >= 0.6 is 17.0 Å². The Morgan fingerprint density at radius 3 is 2.22 bits per heavy atom. The molecule has 3 saturated carbocycles. The molecule has 3 fully saturated rings. The molecule has 0 aliphatic heterocycles. The van der Waals surface area contributed by atoms with Gasteiger partial charge in [0.15, 0.2) is 0 Å². The fourth-order valence-corrected chi connectivity index (χ4v) is 1.78. The van der Waals surface area contributed by atoms with Crippen LogP contribution in [0.15, 0.2) is 0 Å². The van der Waals surface area contributed by atoms with Crippen molar-refractivity contribution in [3.63, 3.8) is 0 Å². The van der Waals surface area contributed by atoms with Crippen LogP contribution in [-0.4, -0.2) is 5.78 Å². The zero-order valence-corrected chi connectivity index (χ0v) is 7.01. The second-order valence-electron chi connectivity index (χ2n) is 3.04. The molecule has 3 aliphatic carbocycles. The molecule has 2 bridgehead atoms. The predicted molar refractivity (Wildman–Crippen MR) is 40.8 cm³/mol. The van der Waals surface area contributed by atoms with E-state index >= 15 is 0 Å². The van der Waals surface area contributed by atoms with Crippen LogP contribution in [0, 0.1) is 11.8 Å². The maximum atomic E-state index is 10.8. The highest BCUT2D eigenvalue weighted by molar-refractivity contribution is 8.93. The number of carbonyl (C=O) groups is 1. The topological polar surface area (TPSA) is 17.1 Å². The molecular formula is C7H11BrO. The van der Waals surface area contributed by atoms with E-state index in [0.717, 1.165) is 12.3 Å². The summed E-state index contributed by atoms with van der Waals surface area (Å²) < 4.78 is 0. The minimum absolute atomic E-state index is 0. The van der Waals surface area contributed by atoms with E-state index in [1.54, 1.807) is 0 Å². The van der Waals surface area contributed by atoms with Crippen LogP contribution in [0.4, 0.5) is 0 Å². The Kier molecular flexibility index (Phi) is 1.94. The molecule has 0 atom stereocenters. The van der Waals surface area contributed by atoms with E-state index in [1.807, 2.05) is 0 Å². The minimum atomic E-state index is 0. The molecule has 3 aliphatic rings. The first-order valence-corrected chi connectivity index (χ1v) is 3.39. The molecule has 2 heteroatoms. The van der Waals surface area contributed by atoms with Crippen molar-refractivity contribution >= 4 is 22.8 Å². The standard InChI is InChI=1S/C7H10O.BrH/c8-7-2-1-5-3-6(7)4-5;/h5-6H,1-4H2;1H. The summed E-state index contributed by atoms with van der Waals surface area (Å²) >= 11 is 0. The maximum Gasteiger partial charge on any atom is 0.136 e. The first kappa shape index (κ1) is 7.26. The highest BCUT2D eigenvalue weighted by atomic mass is 79.9. The molecule has 0 aromatic carbocycles. The van der Waals surface area contributed by atoms with Gasteiger partial charge in [-0.1, -0.05) is 0 Å². The van der Waals surface area contributed by atoms with Crippen LogP contribution in [0.3, 0.4) is 0 Å². The third kappa shape index (κ3) is 1.05. The Morgan fingerprint density at radius 1 is 1.33 bits per heavy atom. The minimum Gasteiger partial charge on any atom is -0.299 e. The monoisotopic (exact) mass is 190 g/mol. The lowest BCUT2D eigenvalue weighted by molar-refractivity contribution is -0.131. The highest BCUT2D eigenvalue weighted by Gasteiger charge is 2.38. The van der Waals surface area contributed by atoms with Gasteiger partial charge in [0.05, 0.1) is 0 Å². The van der Waals surface area contributed by atoms with Crippen LogP contribution in [0.5, 0.6) is 0 Å². The van der Waals surface area contributed by atoms with Gasteiger partial charge in [-0.2, -0.15) is 0 Å². The zero-order valence-electron chi connectivity index (χ0n) is 5.30. The summed E-state index contributed by atoms with van der Waals surface area (Å²) in [6.07, 6.45) is 4.52. The van der Waals surface area contributed by atoms with E-state index in [1.165, 1.54) is 19.3 Å². The molecule has 0 N–H and O–H groups in total. The molecule has 52 valence electrons. The lowest BCUT2D eigenvalue weighted by Gasteiger charge is -2.39. The summed E-state index contributed by atoms with van der Waals surface area (Å²) in [5.74, 6) is 1.99. The lowest BCUT2D eigenvalue weighted by atomic mass is 9.65. The molecule has 3 rings (SSSR count). The Morgan fingerprint density at radius 2 is 2.00 bits per heavy atom. The molecule has 0 unspecified atom stereocenters. The fourth-order valence-electron chi connectivity index (χ4n) is 1.78. The second kappa shape index (κ2) is 2.41. The van der Waals surface area contributed by atoms with Gasteiger partial charge >= 0.3 is 0 Å². The molecule has 0 radical (unpaired) electrons. The van der Waals surface area contributed by atoms with Crippen LogP contribution in [0.2, 0.25) is 0 Å². The maximum absolute atomic E-state index is 10.8. The van der Waals surface area contributed by atoms with Gasteiger partial charge < -0.3 is 0 Å². The Hall–Kier alpha value is 0.150. The summed E-state index contributed by atoms with van der Waals surface area (Å²) in [5, 5.41) is 0. The summed E-state index contributed by atoms with van der Waals surface area (Å²) in [6.45, 7) is 0. The smallest absolute Gasteiger partial charge is 0.136 e. The fraction of sp³-hybridized carbons (Fsp3) is 0.857. The van der Waals surface area contributed by atoms with Crippen molar-refractivity contribution < 1.29 is 4.79 Å². The van der Waals surface area contributed by atoms with E-state index in [2.05, 4.69) is 0 Å². The number of halogens is 1. The van der Waals surface area contributed by atoms with E-state index in [4.69, 9.17) is 0 Å². The van der Waals surface area contributed by atoms with Crippen LogP contribution in [-0.2, 0) is 4.79 Å². The van der Waals surface area contributed by atoms with Gasteiger partial charge in [-0.3, -0.25) is 4.79 Å². The number of ketones is 1. The normalized spacial score (nSPS) is 38.9. The highest BCUT2D eigenvalue weighted by Crippen LogP contribution is 2.42. The molecule has 0 saturated heterocycles. The summed E-state index contributed by atoms with van der Waals surface area (Å²) in [7, 11) is 0. The van der Waals surface area contributed by atoms with Gasteiger partial charge in [0.2, 0.25) is 0 Å². The third-order valence-electron chi connectivity index (χ3n) is 2.49. The van der Waals surface area contributed by atoms with Crippen LogP contribution in [0.1, 0.15) is 25.7 Å².